The van der Waals surface area contributed by atoms with Crippen LogP contribution in [0.1, 0.15) is 19.6 Å². The zero-order valence-corrected chi connectivity index (χ0v) is 13.1. The summed E-state index contributed by atoms with van der Waals surface area (Å²) in [6.07, 6.45) is 0. The van der Waals surface area contributed by atoms with Crippen LogP contribution in [-0.2, 0) is 13.1 Å². The fourth-order valence-corrected chi connectivity index (χ4v) is 2.70. The van der Waals surface area contributed by atoms with E-state index in [1.54, 1.807) is 32.9 Å². The van der Waals surface area contributed by atoms with Gasteiger partial charge in [0.25, 0.3) is 5.56 Å². The number of rotatable bonds is 3. The lowest BCUT2D eigenvalue weighted by molar-refractivity contribution is -0.374. The standard InChI is InChI=1S/C15H16N4O4/c1-4-18-12-10(13(20)19(5-2)15(18)22)11(16-14(21)17-12)9-7-6-8(3)23-9/h6-7H,4-5H2,1-3H3,(H,16,17,21)/p+1. The minimum absolute atomic E-state index is 0.194. The van der Waals surface area contributed by atoms with Crippen molar-refractivity contribution in [2.75, 3.05) is 0 Å². The number of hydrogen-bond acceptors (Lipinski definition) is 4. The average molecular weight is 317 g/mol. The Morgan fingerprint density at radius 1 is 1.13 bits per heavy atom. The van der Waals surface area contributed by atoms with E-state index < -0.39 is 16.9 Å². The highest BCUT2D eigenvalue weighted by molar-refractivity contribution is 5.86. The van der Waals surface area contributed by atoms with E-state index >= 15 is 0 Å². The summed E-state index contributed by atoms with van der Waals surface area (Å²) in [4.78, 5) is 42.2. The van der Waals surface area contributed by atoms with Crippen LogP contribution in [0.25, 0.3) is 22.5 Å². The van der Waals surface area contributed by atoms with Gasteiger partial charge in [0.2, 0.25) is 5.65 Å². The fourth-order valence-electron chi connectivity index (χ4n) is 2.70. The molecule has 0 saturated heterocycles. The molecule has 0 spiro atoms. The summed E-state index contributed by atoms with van der Waals surface area (Å²) in [5, 5.41) is 0.224. The van der Waals surface area contributed by atoms with Crippen molar-refractivity contribution >= 4 is 11.0 Å². The van der Waals surface area contributed by atoms with Crippen LogP contribution in [0.4, 0.5) is 0 Å². The first-order chi connectivity index (χ1) is 11.0. The number of aromatic amines is 2. The molecule has 3 heterocycles. The van der Waals surface area contributed by atoms with Gasteiger partial charge in [0, 0.05) is 6.54 Å². The highest BCUT2D eigenvalue weighted by Gasteiger charge is 2.24. The van der Waals surface area contributed by atoms with Crippen LogP contribution in [0, 0.1) is 6.92 Å². The average Bonchev–Trinajstić information content (AvgIpc) is 2.93. The largest absolute Gasteiger partial charge is 0.458 e. The summed E-state index contributed by atoms with van der Waals surface area (Å²) in [5.41, 5.74) is -0.965. The summed E-state index contributed by atoms with van der Waals surface area (Å²) in [6, 6.07) is 3.42. The second kappa shape index (κ2) is 5.38. The monoisotopic (exact) mass is 317 g/mol. The molecule has 23 heavy (non-hydrogen) atoms. The van der Waals surface area contributed by atoms with Crippen LogP contribution in [0.2, 0.25) is 0 Å². The van der Waals surface area contributed by atoms with Crippen LogP contribution < -0.4 is 21.9 Å². The summed E-state index contributed by atoms with van der Waals surface area (Å²) in [5.74, 6) is 1.03. The molecule has 2 N–H and O–H groups in total. The molecule has 0 aliphatic carbocycles. The molecule has 120 valence electrons. The molecule has 0 fully saturated rings. The number of furan rings is 1. The first-order valence-electron chi connectivity index (χ1n) is 7.37. The van der Waals surface area contributed by atoms with E-state index in [9.17, 15) is 14.4 Å². The molecule has 0 atom stereocenters. The summed E-state index contributed by atoms with van der Waals surface area (Å²) in [6.45, 7) is 5.83. The zero-order chi connectivity index (χ0) is 16.7. The van der Waals surface area contributed by atoms with Crippen LogP contribution in [-0.4, -0.2) is 14.1 Å². The maximum Gasteiger partial charge on any atom is 0.439 e. The predicted molar refractivity (Wildman–Crippen MR) is 83.4 cm³/mol. The van der Waals surface area contributed by atoms with Crippen LogP contribution in [0.5, 0.6) is 0 Å². The van der Waals surface area contributed by atoms with Crippen molar-refractivity contribution in [3.63, 3.8) is 0 Å². The van der Waals surface area contributed by atoms with E-state index in [0.29, 0.717) is 18.1 Å². The lowest BCUT2D eigenvalue weighted by atomic mass is 10.2. The molecular formula is C15H17N4O4+. The molecule has 3 aromatic heterocycles. The van der Waals surface area contributed by atoms with Crippen LogP contribution >= 0.6 is 0 Å². The Kier molecular flexibility index (Phi) is 3.51. The number of aromatic nitrogens is 4. The Morgan fingerprint density at radius 3 is 2.39 bits per heavy atom. The van der Waals surface area contributed by atoms with Gasteiger partial charge in [-0.15, -0.1) is 0 Å². The Bertz CT molecular complexity index is 1070. The number of nitrogens with one attached hydrogen (secondary N) is 2. The van der Waals surface area contributed by atoms with Crippen molar-refractivity contribution in [3.8, 4) is 11.5 Å². The van der Waals surface area contributed by atoms with Gasteiger partial charge in [0.15, 0.2) is 16.8 Å². The predicted octanol–water partition coefficient (Wildman–Crippen LogP) is 0.274. The number of H-pyrrole nitrogens is 2. The summed E-state index contributed by atoms with van der Waals surface area (Å²) in [7, 11) is 0. The van der Waals surface area contributed by atoms with Crippen molar-refractivity contribution in [1.82, 2.24) is 14.1 Å². The van der Waals surface area contributed by atoms with E-state index in [-0.39, 0.29) is 23.3 Å². The molecule has 0 saturated carbocycles. The number of fused-ring (bicyclic) bond motifs is 1. The van der Waals surface area contributed by atoms with Crippen LogP contribution in [0.15, 0.2) is 30.9 Å². The van der Waals surface area contributed by atoms with Gasteiger partial charge in [-0.05, 0) is 32.9 Å². The minimum atomic E-state index is -0.517. The van der Waals surface area contributed by atoms with E-state index in [1.165, 1.54) is 4.57 Å². The first-order valence-corrected chi connectivity index (χ1v) is 7.37. The van der Waals surface area contributed by atoms with Crippen molar-refractivity contribution < 1.29 is 9.40 Å². The van der Waals surface area contributed by atoms with E-state index in [2.05, 4.69) is 9.97 Å². The van der Waals surface area contributed by atoms with Gasteiger partial charge < -0.3 is 4.42 Å². The molecule has 0 aliphatic rings. The van der Waals surface area contributed by atoms with Crippen LogP contribution in [0.3, 0.4) is 0 Å². The lowest BCUT2D eigenvalue weighted by Crippen LogP contribution is -2.45. The maximum atomic E-state index is 12.7. The first kappa shape index (κ1) is 15.0. The maximum absolute atomic E-state index is 12.7. The normalized spacial score (nSPS) is 11.3. The minimum Gasteiger partial charge on any atom is -0.458 e. The van der Waals surface area contributed by atoms with Crippen molar-refractivity contribution in [3.05, 3.63) is 49.2 Å². The van der Waals surface area contributed by atoms with Gasteiger partial charge in [-0.25, -0.2) is 28.7 Å². The Morgan fingerprint density at radius 2 is 1.83 bits per heavy atom. The molecule has 0 aromatic carbocycles. The van der Waals surface area contributed by atoms with E-state index in [0.717, 1.165) is 4.57 Å². The Hall–Kier alpha value is -2.90. The van der Waals surface area contributed by atoms with Gasteiger partial charge in [-0.1, -0.05) is 0 Å². The van der Waals surface area contributed by atoms with Gasteiger partial charge >= 0.3 is 11.4 Å². The Labute approximate surface area is 130 Å². The number of aryl methyl sites for hydroxylation is 2. The number of hydrogen-bond donors (Lipinski definition) is 1. The second-order valence-electron chi connectivity index (χ2n) is 5.16. The van der Waals surface area contributed by atoms with Gasteiger partial charge in [0.05, 0.1) is 6.54 Å². The fraction of sp³-hybridized carbons (Fsp3) is 0.333. The third-order valence-electron chi connectivity index (χ3n) is 3.77. The lowest BCUT2D eigenvalue weighted by Gasteiger charge is -2.07. The van der Waals surface area contributed by atoms with Gasteiger partial charge in [0.1, 0.15) is 5.76 Å². The molecule has 3 aromatic rings. The summed E-state index contributed by atoms with van der Waals surface area (Å²) < 4.78 is 8.05. The molecule has 0 unspecified atom stereocenters. The van der Waals surface area contributed by atoms with E-state index in [1.807, 2.05) is 0 Å². The van der Waals surface area contributed by atoms with Crippen molar-refractivity contribution in [2.45, 2.75) is 33.9 Å². The topological polar surface area (TPSA) is 104 Å². The van der Waals surface area contributed by atoms with Gasteiger partial charge in [-0.3, -0.25) is 4.79 Å². The van der Waals surface area contributed by atoms with Gasteiger partial charge in [-0.2, -0.15) is 0 Å². The molecular weight excluding hydrogens is 300 g/mol. The molecule has 3 rings (SSSR count). The SMILES string of the molecule is CCn1c(=O)c2c(-c3ccc(C)o3)[nH]c(=O)[nH+]c2n(CC)c1=O. The number of nitrogens with zero attached hydrogens (tertiary/aromatic N) is 2. The summed E-state index contributed by atoms with van der Waals surface area (Å²) >= 11 is 0. The molecule has 0 amide bonds. The van der Waals surface area contributed by atoms with Crippen molar-refractivity contribution in [2.24, 2.45) is 0 Å². The smallest absolute Gasteiger partial charge is 0.439 e. The highest BCUT2D eigenvalue weighted by atomic mass is 16.3. The second-order valence-corrected chi connectivity index (χ2v) is 5.16. The molecule has 0 bridgehead atoms. The molecule has 0 aliphatic heterocycles. The van der Waals surface area contributed by atoms with Crippen molar-refractivity contribution in [1.29, 1.82) is 0 Å². The zero-order valence-electron chi connectivity index (χ0n) is 13.1. The highest BCUT2D eigenvalue weighted by Crippen LogP contribution is 2.22. The third-order valence-corrected chi connectivity index (χ3v) is 3.77. The molecule has 8 nitrogen and oxygen atoms in total. The third kappa shape index (κ3) is 2.23. The van der Waals surface area contributed by atoms with E-state index in [4.69, 9.17) is 4.42 Å². The quantitative estimate of drug-likeness (QED) is 0.749. The molecule has 0 radical (unpaired) electrons. The molecule has 8 heteroatoms. The Balaban J connectivity index is 2.59.